The Labute approximate surface area is 140 Å². The van der Waals surface area contributed by atoms with Crippen LogP contribution in [0.15, 0.2) is 42.9 Å². The first kappa shape index (κ1) is 16.2. The molecule has 1 fully saturated rings. The summed E-state index contributed by atoms with van der Waals surface area (Å²) in [4.78, 5) is 0. The molecule has 3 rings (SSSR count). The molecule has 22 heavy (non-hydrogen) atoms. The fourth-order valence-corrected chi connectivity index (χ4v) is 7.59. The number of halogens is 1. The lowest BCUT2D eigenvalue weighted by Crippen LogP contribution is -2.56. The van der Waals surface area contributed by atoms with Crippen molar-refractivity contribution in [3.05, 3.63) is 40.1 Å². The Hall–Kier alpha value is -0.680. The van der Waals surface area contributed by atoms with Crippen molar-refractivity contribution in [1.29, 1.82) is 0 Å². The molecule has 1 aliphatic heterocycles. The summed E-state index contributed by atoms with van der Waals surface area (Å²) in [7, 11) is -7.03. The second kappa shape index (κ2) is 5.75. The number of hydrogen-bond acceptors (Lipinski definition) is 6. The standard InChI is InChI=1S/C12H12BrNO5S3/c13-11-3-4-12(20-11)22(17,18)14-6-10(7-14)21(15,16)8-9-2-1-5-19-9/h1-5,10H,6-8H2. The van der Waals surface area contributed by atoms with E-state index in [1.165, 1.54) is 16.6 Å². The van der Waals surface area contributed by atoms with E-state index >= 15 is 0 Å². The third kappa shape index (κ3) is 3.02. The van der Waals surface area contributed by atoms with Crippen molar-refractivity contribution in [1.82, 2.24) is 4.31 Å². The Kier molecular flexibility index (Phi) is 4.23. The molecule has 0 radical (unpaired) electrons. The van der Waals surface area contributed by atoms with E-state index in [1.807, 2.05) is 0 Å². The van der Waals surface area contributed by atoms with Gasteiger partial charge in [-0.2, -0.15) is 4.31 Å². The molecule has 0 unspecified atom stereocenters. The summed E-state index contributed by atoms with van der Waals surface area (Å²) in [5.74, 6) is 0.159. The number of rotatable bonds is 5. The molecule has 0 bridgehead atoms. The highest BCUT2D eigenvalue weighted by molar-refractivity contribution is 9.11. The Bertz CT molecular complexity index is 864. The van der Waals surface area contributed by atoms with Gasteiger partial charge in [0.15, 0.2) is 9.84 Å². The quantitative estimate of drug-likeness (QED) is 0.731. The minimum atomic E-state index is -3.60. The number of furan rings is 1. The van der Waals surface area contributed by atoms with E-state index in [4.69, 9.17) is 4.42 Å². The summed E-state index contributed by atoms with van der Waals surface area (Å²) in [6, 6.07) is 6.38. The molecule has 0 atom stereocenters. The van der Waals surface area contributed by atoms with Gasteiger partial charge in [-0.1, -0.05) is 0 Å². The minimum absolute atomic E-state index is 0.0130. The third-order valence-corrected chi connectivity index (χ3v) is 9.31. The van der Waals surface area contributed by atoms with Crippen LogP contribution in [0.5, 0.6) is 0 Å². The Morgan fingerprint density at radius 1 is 1.23 bits per heavy atom. The smallest absolute Gasteiger partial charge is 0.252 e. The van der Waals surface area contributed by atoms with Crippen LogP contribution < -0.4 is 0 Å². The summed E-state index contributed by atoms with van der Waals surface area (Å²) in [5, 5.41) is -0.684. The van der Waals surface area contributed by atoms with Crippen molar-refractivity contribution < 1.29 is 21.3 Å². The lowest BCUT2D eigenvalue weighted by Gasteiger charge is -2.36. The topological polar surface area (TPSA) is 84.7 Å². The summed E-state index contributed by atoms with van der Waals surface area (Å²) in [6.45, 7) is -0.0260. The second-order valence-corrected chi connectivity index (χ2v) is 11.8. The van der Waals surface area contributed by atoms with Crippen LogP contribution in [0.25, 0.3) is 0 Å². The average molecular weight is 426 g/mol. The summed E-state index contributed by atoms with van der Waals surface area (Å²) in [6.07, 6.45) is 1.41. The summed E-state index contributed by atoms with van der Waals surface area (Å²) < 4.78 is 56.2. The fourth-order valence-electron chi connectivity index (χ4n) is 2.10. The molecule has 120 valence electrons. The van der Waals surface area contributed by atoms with Crippen LogP contribution >= 0.6 is 27.3 Å². The van der Waals surface area contributed by atoms with Crippen molar-refractivity contribution >= 4 is 47.1 Å². The zero-order valence-corrected chi connectivity index (χ0v) is 15.2. The fraction of sp³-hybridized carbons (Fsp3) is 0.333. The molecule has 0 amide bonds. The lowest BCUT2D eigenvalue weighted by atomic mass is 10.3. The van der Waals surface area contributed by atoms with Crippen LogP contribution in [0, 0.1) is 0 Å². The van der Waals surface area contributed by atoms with E-state index in [0.29, 0.717) is 9.55 Å². The van der Waals surface area contributed by atoms with E-state index < -0.39 is 25.1 Å². The van der Waals surface area contributed by atoms with Gasteiger partial charge in [0.1, 0.15) is 15.7 Å². The van der Waals surface area contributed by atoms with Crippen molar-refractivity contribution in [2.75, 3.05) is 13.1 Å². The molecule has 0 N–H and O–H groups in total. The van der Waals surface area contributed by atoms with Gasteiger partial charge >= 0.3 is 0 Å². The maximum atomic E-state index is 12.3. The van der Waals surface area contributed by atoms with Gasteiger partial charge in [0.2, 0.25) is 0 Å². The summed E-state index contributed by atoms with van der Waals surface area (Å²) >= 11 is 4.33. The lowest BCUT2D eigenvalue weighted by molar-refractivity contribution is 0.310. The molecule has 0 saturated carbocycles. The molecule has 10 heteroatoms. The van der Waals surface area contributed by atoms with E-state index in [0.717, 1.165) is 11.3 Å². The largest absolute Gasteiger partial charge is 0.468 e. The predicted molar refractivity (Wildman–Crippen MR) is 85.9 cm³/mol. The van der Waals surface area contributed by atoms with Crippen LogP contribution in [-0.4, -0.2) is 39.5 Å². The predicted octanol–water partition coefficient (Wildman–Crippen LogP) is 2.09. The molecular weight excluding hydrogens is 414 g/mol. The third-order valence-electron chi connectivity index (χ3n) is 3.39. The molecule has 0 aliphatic carbocycles. The number of sulfone groups is 1. The van der Waals surface area contributed by atoms with Gasteiger partial charge in [-0.05, 0) is 40.2 Å². The van der Waals surface area contributed by atoms with E-state index in [-0.39, 0.29) is 23.1 Å². The average Bonchev–Trinajstić information content (AvgIpc) is 2.97. The Morgan fingerprint density at radius 3 is 2.50 bits per heavy atom. The van der Waals surface area contributed by atoms with Crippen molar-refractivity contribution in [2.24, 2.45) is 0 Å². The summed E-state index contributed by atoms with van der Waals surface area (Å²) in [5.41, 5.74) is 0. The highest BCUT2D eigenvalue weighted by atomic mass is 79.9. The number of thiophene rings is 1. The first-order chi connectivity index (χ1) is 10.3. The molecule has 3 heterocycles. The van der Waals surface area contributed by atoms with Gasteiger partial charge in [-0.25, -0.2) is 16.8 Å². The molecule has 0 aromatic carbocycles. The first-order valence-corrected chi connectivity index (χ1v) is 11.0. The van der Waals surface area contributed by atoms with Crippen LogP contribution in [0.4, 0.5) is 0 Å². The van der Waals surface area contributed by atoms with E-state index in [9.17, 15) is 16.8 Å². The van der Waals surface area contributed by atoms with Gasteiger partial charge in [-0.3, -0.25) is 0 Å². The van der Waals surface area contributed by atoms with Crippen LogP contribution in [0.2, 0.25) is 0 Å². The first-order valence-electron chi connectivity index (χ1n) is 6.28. The second-order valence-electron chi connectivity index (χ2n) is 4.89. The normalized spacial score (nSPS) is 17.5. The zero-order valence-electron chi connectivity index (χ0n) is 11.2. The van der Waals surface area contributed by atoms with E-state index in [2.05, 4.69) is 15.9 Å². The molecule has 1 aliphatic rings. The maximum absolute atomic E-state index is 12.3. The number of sulfonamides is 1. The molecule has 2 aromatic rings. The van der Waals surface area contributed by atoms with E-state index in [1.54, 1.807) is 18.2 Å². The van der Waals surface area contributed by atoms with Crippen molar-refractivity contribution in [2.45, 2.75) is 15.2 Å². The number of nitrogens with zero attached hydrogens (tertiary/aromatic N) is 1. The van der Waals surface area contributed by atoms with Gasteiger partial charge in [0.25, 0.3) is 10.0 Å². The minimum Gasteiger partial charge on any atom is -0.468 e. The molecule has 6 nitrogen and oxygen atoms in total. The Morgan fingerprint density at radius 2 is 1.95 bits per heavy atom. The Balaban J connectivity index is 1.69. The molecular formula is C12H12BrNO5S3. The van der Waals surface area contributed by atoms with Crippen LogP contribution in [0.3, 0.4) is 0 Å². The molecule has 2 aromatic heterocycles. The highest BCUT2D eigenvalue weighted by Gasteiger charge is 2.44. The zero-order chi connectivity index (χ0) is 16.0. The number of hydrogen-bond donors (Lipinski definition) is 0. The van der Waals surface area contributed by atoms with Crippen LogP contribution in [-0.2, 0) is 25.6 Å². The van der Waals surface area contributed by atoms with Gasteiger partial charge in [0.05, 0.1) is 15.3 Å². The van der Waals surface area contributed by atoms with Gasteiger partial charge in [-0.15, -0.1) is 11.3 Å². The maximum Gasteiger partial charge on any atom is 0.252 e. The highest BCUT2D eigenvalue weighted by Crippen LogP contribution is 2.32. The van der Waals surface area contributed by atoms with Crippen molar-refractivity contribution in [3.63, 3.8) is 0 Å². The van der Waals surface area contributed by atoms with Gasteiger partial charge in [0, 0.05) is 13.1 Å². The molecule has 1 saturated heterocycles. The monoisotopic (exact) mass is 425 g/mol. The van der Waals surface area contributed by atoms with Gasteiger partial charge < -0.3 is 4.42 Å². The van der Waals surface area contributed by atoms with Crippen LogP contribution in [0.1, 0.15) is 5.76 Å². The SMILES string of the molecule is O=S(=O)(Cc1ccco1)C1CN(S(=O)(=O)c2ccc(Br)s2)C1. The van der Waals surface area contributed by atoms with Crippen molar-refractivity contribution in [3.8, 4) is 0 Å². The molecule has 0 spiro atoms.